The number of nitrogens with zero attached hydrogens (tertiary/aromatic N) is 4. The maximum atomic E-state index is 12.4. The SMILES string of the molecule is CCCn1c(=O)c(C)nc2cc(-c3noc([C@@H](C)NC(=O)c4ccco4)n3)ccc21. The monoisotopic (exact) mass is 407 g/mol. The third-order valence-corrected chi connectivity index (χ3v) is 4.72. The van der Waals surface area contributed by atoms with Crippen molar-refractivity contribution in [2.45, 2.75) is 39.8 Å². The molecule has 0 fully saturated rings. The summed E-state index contributed by atoms with van der Waals surface area (Å²) in [5.74, 6) is 0.478. The molecule has 0 aliphatic heterocycles. The first kappa shape index (κ1) is 19.6. The number of aromatic nitrogens is 4. The van der Waals surface area contributed by atoms with Gasteiger partial charge in [0.05, 0.1) is 17.3 Å². The van der Waals surface area contributed by atoms with Crippen molar-refractivity contribution in [1.82, 2.24) is 25.0 Å². The van der Waals surface area contributed by atoms with Crippen molar-refractivity contribution in [2.75, 3.05) is 0 Å². The molecule has 0 saturated heterocycles. The van der Waals surface area contributed by atoms with Crippen molar-refractivity contribution in [1.29, 1.82) is 0 Å². The Kier molecular flexibility index (Phi) is 5.18. The van der Waals surface area contributed by atoms with Crippen LogP contribution in [-0.2, 0) is 6.54 Å². The Bertz CT molecular complexity index is 1260. The Hall–Kier alpha value is -3.75. The van der Waals surface area contributed by atoms with E-state index in [1.54, 1.807) is 30.5 Å². The van der Waals surface area contributed by atoms with Crippen LogP contribution in [-0.4, -0.2) is 25.6 Å². The van der Waals surface area contributed by atoms with E-state index in [9.17, 15) is 9.59 Å². The average molecular weight is 407 g/mol. The first-order valence-electron chi connectivity index (χ1n) is 9.67. The van der Waals surface area contributed by atoms with Gasteiger partial charge in [-0.25, -0.2) is 4.98 Å². The van der Waals surface area contributed by atoms with Crippen LogP contribution in [0.3, 0.4) is 0 Å². The molecule has 1 N–H and O–H groups in total. The van der Waals surface area contributed by atoms with Crippen molar-refractivity contribution in [2.24, 2.45) is 0 Å². The van der Waals surface area contributed by atoms with Gasteiger partial charge in [0.1, 0.15) is 11.7 Å². The molecule has 0 aliphatic rings. The van der Waals surface area contributed by atoms with Gasteiger partial charge in [-0.15, -0.1) is 0 Å². The number of rotatable bonds is 6. The number of amides is 1. The first-order chi connectivity index (χ1) is 14.5. The smallest absolute Gasteiger partial charge is 0.287 e. The Morgan fingerprint density at radius 1 is 1.27 bits per heavy atom. The Morgan fingerprint density at radius 3 is 2.83 bits per heavy atom. The van der Waals surface area contributed by atoms with Crippen LogP contribution in [0.1, 0.15) is 48.4 Å². The summed E-state index contributed by atoms with van der Waals surface area (Å²) in [7, 11) is 0. The summed E-state index contributed by atoms with van der Waals surface area (Å²) >= 11 is 0. The van der Waals surface area contributed by atoms with E-state index in [1.165, 1.54) is 6.26 Å². The Balaban J connectivity index is 1.62. The third kappa shape index (κ3) is 3.61. The lowest BCUT2D eigenvalue weighted by molar-refractivity contribution is 0.0904. The molecular formula is C21H21N5O4. The second kappa shape index (κ2) is 7.94. The quantitative estimate of drug-likeness (QED) is 0.521. The van der Waals surface area contributed by atoms with E-state index in [4.69, 9.17) is 8.94 Å². The number of fused-ring (bicyclic) bond motifs is 1. The van der Waals surface area contributed by atoms with Crippen molar-refractivity contribution in [3.63, 3.8) is 0 Å². The van der Waals surface area contributed by atoms with E-state index >= 15 is 0 Å². The molecule has 1 atom stereocenters. The number of carbonyl (C=O) groups is 1. The van der Waals surface area contributed by atoms with Gasteiger partial charge in [-0.1, -0.05) is 12.1 Å². The van der Waals surface area contributed by atoms with E-state index in [1.807, 2.05) is 25.1 Å². The minimum atomic E-state index is -0.501. The number of nitrogens with one attached hydrogen (secondary N) is 1. The molecule has 0 bridgehead atoms. The fraction of sp³-hybridized carbons (Fsp3) is 0.286. The maximum absolute atomic E-state index is 12.4. The lowest BCUT2D eigenvalue weighted by atomic mass is 10.1. The molecular weight excluding hydrogens is 386 g/mol. The van der Waals surface area contributed by atoms with Crippen LogP contribution in [0.25, 0.3) is 22.4 Å². The predicted octanol–water partition coefficient (Wildman–Crippen LogP) is 3.25. The molecule has 0 unspecified atom stereocenters. The normalized spacial score (nSPS) is 12.2. The van der Waals surface area contributed by atoms with Crippen molar-refractivity contribution in [3.05, 3.63) is 64.3 Å². The number of carbonyl (C=O) groups excluding carboxylic acids is 1. The zero-order valence-corrected chi connectivity index (χ0v) is 16.9. The molecule has 9 nitrogen and oxygen atoms in total. The van der Waals surface area contributed by atoms with Crippen molar-refractivity contribution < 1.29 is 13.7 Å². The van der Waals surface area contributed by atoms with Crippen molar-refractivity contribution >= 4 is 16.9 Å². The summed E-state index contributed by atoms with van der Waals surface area (Å²) in [6.07, 6.45) is 2.27. The minimum Gasteiger partial charge on any atom is -0.459 e. The molecule has 0 spiro atoms. The van der Waals surface area contributed by atoms with Gasteiger partial charge in [0.15, 0.2) is 5.76 Å². The van der Waals surface area contributed by atoms with Gasteiger partial charge >= 0.3 is 0 Å². The standard InChI is InChI=1S/C21H21N5O4/c1-4-9-26-16-8-7-14(11-15(16)22-13(3)21(26)28)18-24-20(30-25-18)12(2)23-19(27)17-6-5-10-29-17/h5-8,10-12H,4,9H2,1-3H3,(H,23,27)/t12-/m1/s1. The highest BCUT2D eigenvalue weighted by Gasteiger charge is 2.20. The largest absolute Gasteiger partial charge is 0.459 e. The zero-order valence-electron chi connectivity index (χ0n) is 16.9. The van der Waals surface area contributed by atoms with E-state index < -0.39 is 6.04 Å². The number of benzene rings is 1. The van der Waals surface area contributed by atoms with Gasteiger partial charge in [0.25, 0.3) is 11.5 Å². The fourth-order valence-corrected chi connectivity index (χ4v) is 3.22. The van der Waals surface area contributed by atoms with Crippen LogP contribution in [0, 0.1) is 6.92 Å². The van der Waals surface area contributed by atoms with Gasteiger partial charge in [0, 0.05) is 12.1 Å². The Labute approximate surface area is 171 Å². The molecule has 30 heavy (non-hydrogen) atoms. The molecule has 0 saturated carbocycles. The van der Waals surface area contributed by atoms with E-state index in [0.717, 1.165) is 11.9 Å². The molecule has 1 aromatic carbocycles. The highest BCUT2D eigenvalue weighted by atomic mass is 16.5. The van der Waals surface area contributed by atoms with Crippen LogP contribution in [0.2, 0.25) is 0 Å². The molecule has 9 heteroatoms. The van der Waals surface area contributed by atoms with Crippen LogP contribution in [0.15, 0.2) is 50.3 Å². The summed E-state index contributed by atoms with van der Waals surface area (Å²) in [6.45, 7) is 6.09. The van der Waals surface area contributed by atoms with Crippen LogP contribution in [0.4, 0.5) is 0 Å². The van der Waals surface area contributed by atoms with Gasteiger partial charge in [-0.05, 0) is 50.6 Å². The minimum absolute atomic E-state index is 0.0833. The van der Waals surface area contributed by atoms with Gasteiger partial charge < -0.3 is 18.8 Å². The summed E-state index contributed by atoms with van der Waals surface area (Å²) in [5.41, 5.74) is 2.51. The molecule has 0 aliphatic carbocycles. The summed E-state index contributed by atoms with van der Waals surface area (Å²) < 4.78 is 12.1. The molecule has 4 aromatic rings. The molecule has 3 heterocycles. The second-order valence-electron chi connectivity index (χ2n) is 6.99. The van der Waals surface area contributed by atoms with Crippen LogP contribution < -0.4 is 10.9 Å². The third-order valence-electron chi connectivity index (χ3n) is 4.72. The molecule has 3 aromatic heterocycles. The topological polar surface area (TPSA) is 116 Å². The number of aryl methyl sites for hydroxylation is 2. The van der Waals surface area contributed by atoms with Crippen molar-refractivity contribution in [3.8, 4) is 11.4 Å². The number of hydrogen-bond acceptors (Lipinski definition) is 7. The first-order valence-corrected chi connectivity index (χ1v) is 9.67. The molecule has 1 amide bonds. The molecule has 154 valence electrons. The van der Waals surface area contributed by atoms with Gasteiger partial charge in [0.2, 0.25) is 11.7 Å². The lowest BCUT2D eigenvalue weighted by Crippen LogP contribution is -2.26. The summed E-state index contributed by atoms with van der Waals surface area (Å²) in [4.78, 5) is 33.4. The number of hydrogen-bond donors (Lipinski definition) is 1. The van der Waals surface area contributed by atoms with E-state index in [-0.39, 0.29) is 23.1 Å². The highest BCUT2D eigenvalue weighted by Crippen LogP contribution is 2.23. The Morgan fingerprint density at radius 2 is 2.10 bits per heavy atom. The van der Waals surface area contributed by atoms with Gasteiger partial charge in [-0.2, -0.15) is 4.98 Å². The molecule has 4 rings (SSSR count). The summed E-state index contributed by atoms with van der Waals surface area (Å²) in [6, 6.07) is 8.20. The van der Waals surface area contributed by atoms with Crippen LogP contribution >= 0.6 is 0 Å². The zero-order chi connectivity index (χ0) is 21.3. The fourth-order valence-electron chi connectivity index (χ4n) is 3.22. The van der Waals surface area contributed by atoms with Gasteiger partial charge in [-0.3, -0.25) is 9.59 Å². The maximum Gasteiger partial charge on any atom is 0.287 e. The predicted molar refractivity (Wildman–Crippen MR) is 109 cm³/mol. The second-order valence-corrected chi connectivity index (χ2v) is 6.99. The lowest BCUT2D eigenvalue weighted by Gasteiger charge is -2.10. The highest BCUT2D eigenvalue weighted by molar-refractivity contribution is 5.91. The summed E-state index contributed by atoms with van der Waals surface area (Å²) in [5, 5.41) is 6.77. The van der Waals surface area contributed by atoms with E-state index in [0.29, 0.717) is 29.1 Å². The molecule has 0 radical (unpaired) electrons. The average Bonchev–Trinajstić information content (AvgIpc) is 3.43. The number of furan rings is 1. The van der Waals surface area contributed by atoms with E-state index in [2.05, 4.69) is 20.4 Å². The van der Waals surface area contributed by atoms with Crippen LogP contribution in [0.5, 0.6) is 0 Å².